The molecule has 0 atom stereocenters. The lowest BCUT2D eigenvalue weighted by molar-refractivity contribution is 0.115. The van der Waals surface area contributed by atoms with E-state index in [1.54, 1.807) is 10.9 Å². The lowest BCUT2D eigenvalue weighted by Crippen LogP contribution is -2.05. The third kappa shape index (κ3) is 6.03. The van der Waals surface area contributed by atoms with E-state index in [1.165, 1.54) is 0 Å². The van der Waals surface area contributed by atoms with Gasteiger partial charge in [0.25, 0.3) is 0 Å². The number of aliphatic hydroxyl groups is 1. The molecule has 2 rings (SSSR count). The van der Waals surface area contributed by atoms with Crippen molar-refractivity contribution in [3.63, 3.8) is 0 Å². The van der Waals surface area contributed by atoms with E-state index >= 15 is 0 Å². The van der Waals surface area contributed by atoms with Gasteiger partial charge in [-0.3, -0.25) is 4.98 Å². The quantitative estimate of drug-likeness (QED) is 0.385. The van der Waals surface area contributed by atoms with Gasteiger partial charge in [0.05, 0.1) is 37.3 Å². The van der Waals surface area contributed by atoms with Gasteiger partial charge in [0.2, 0.25) is 4.91 Å². The molecular weight excluding hydrogens is 298 g/mol. The van der Waals surface area contributed by atoms with Crippen LogP contribution >= 0.6 is 0 Å². The molecule has 2 N–H and O–H groups in total. The maximum absolute atomic E-state index is 8.98. The Hall–Kier alpha value is -2.48. The molecule has 0 aliphatic heterocycles. The van der Waals surface area contributed by atoms with Gasteiger partial charge in [0.15, 0.2) is 0 Å². The van der Waals surface area contributed by atoms with Crippen LogP contribution in [0, 0.1) is 5.53 Å². The van der Waals surface area contributed by atoms with Crippen molar-refractivity contribution in [2.24, 2.45) is 5.11 Å². The monoisotopic (exact) mass is 318 g/mol. The summed E-state index contributed by atoms with van der Waals surface area (Å²) in [5.41, 5.74) is 8.79. The van der Waals surface area contributed by atoms with Gasteiger partial charge in [0, 0.05) is 6.61 Å². The highest BCUT2D eigenvalue weighted by Crippen LogP contribution is 2.04. The van der Waals surface area contributed by atoms with Gasteiger partial charge in [-0.15, -0.1) is 5.10 Å². The molecule has 0 spiro atoms. The van der Waals surface area contributed by atoms with Crippen molar-refractivity contribution < 1.29 is 9.84 Å². The molecule has 23 heavy (non-hydrogen) atoms. The first-order valence-corrected chi connectivity index (χ1v) is 7.37. The maximum atomic E-state index is 8.98. The molecule has 2 heterocycles. The summed E-state index contributed by atoms with van der Waals surface area (Å²) in [6, 6.07) is 5.76. The largest absolute Gasteiger partial charge is 0.390 e. The SMILES string of the molecule is N=[N+]=NCCCCOCc1cccc(Cn2cc(CO)nn2)n1. The molecule has 0 aromatic carbocycles. The van der Waals surface area contributed by atoms with Crippen molar-refractivity contribution in [1.82, 2.24) is 24.9 Å². The van der Waals surface area contributed by atoms with Crippen LogP contribution in [0.3, 0.4) is 0 Å². The third-order valence-corrected chi connectivity index (χ3v) is 3.05. The minimum absolute atomic E-state index is 0.121. The first kappa shape index (κ1) is 16.9. The van der Waals surface area contributed by atoms with Crippen molar-refractivity contribution >= 4 is 0 Å². The first-order valence-electron chi connectivity index (χ1n) is 7.37. The fourth-order valence-electron chi connectivity index (χ4n) is 1.97. The highest BCUT2D eigenvalue weighted by atomic mass is 16.5. The van der Waals surface area contributed by atoms with E-state index in [9.17, 15) is 0 Å². The van der Waals surface area contributed by atoms with Gasteiger partial charge in [-0.25, -0.2) is 4.68 Å². The molecule has 0 unspecified atom stereocenters. The van der Waals surface area contributed by atoms with E-state index in [1.807, 2.05) is 18.2 Å². The van der Waals surface area contributed by atoms with Gasteiger partial charge < -0.3 is 9.84 Å². The zero-order chi connectivity index (χ0) is 16.3. The van der Waals surface area contributed by atoms with Crippen LogP contribution in [0.2, 0.25) is 0 Å². The summed E-state index contributed by atoms with van der Waals surface area (Å²) in [6.07, 6.45) is 3.43. The van der Waals surface area contributed by atoms with Gasteiger partial charge in [-0.1, -0.05) is 11.3 Å². The average molecular weight is 318 g/mol. The standard InChI is InChI=1S/C14H20N7O2/c15-19-16-6-1-2-7-23-11-13-5-3-4-12(17-13)8-21-9-14(10-22)18-20-21/h3-5,9,15,22H,1-2,6-8,10-11H2/q+1. The van der Waals surface area contributed by atoms with E-state index in [-0.39, 0.29) is 6.61 Å². The molecule has 0 amide bonds. The van der Waals surface area contributed by atoms with Crippen LogP contribution in [0.15, 0.2) is 29.5 Å². The lowest BCUT2D eigenvalue weighted by Gasteiger charge is -2.05. The molecule has 0 radical (unpaired) electrons. The number of hydrogen-bond acceptors (Lipinski definition) is 7. The summed E-state index contributed by atoms with van der Waals surface area (Å²) in [5.74, 6) is 0. The number of nitrogens with one attached hydrogen (secondary N) is 1. The van der Waals surface area contributed by atoms with Crippen LogP contribution in [0.1, 0.15) is 29.9 Å². The Labute approximate surface area is 133 Å². The van der Waals surface area contributed by atoms with Crippen molar-refractivity contribution in [3.05, 3.63) is 41.5 Å². The molecular formula is C14H20N7O2+. The van der Waals surface area contributed by atoms with Gasteiger partial charge in [-0.2, -0.15) is 0 Å². The second kappa shape index (κ2) is 9.52. The summed E-state index contributed by atoms with van der Waals surface area (Å²) in [6.45, 7) is 2.02. The van der Waals surface area contributed by atoms with Gasteiger partial charge in [0.1, 0.15) is 22.9 Å². The van der Waals surface area contributed by atoms with Crippen LogP contribution in [0.4, 0.5) is 0 Å². The summed E-state index contributed by atoms with van der Waals surface area (Å²) in [4.78, 5) is 7.47. The number of rotatable bonds is 10. The van der Waals surface area contributed by atoms with E-state index in [0.717, 1.165) is 24.2 Å². The Morgan fingerprint density at radius 1 is 1.26 bits per heavy atom. The fourth-order valence-corrected chi connectivity index (χ4v) is 1.97. The second-order valence-electron chi connectivity index (χ2n) is 4.91. The van der Waals surface area contributed by atoms with Crippen molar-refractivity contribution in [2.75, 3.05) is 13.2 Å². The molecule has 122 valence electrons. The Bertz CT molecular complexity index is 652. The van der Waals surface area contributed by atoms with Crippen LogP contribution in [-0.2, 0) is 24.5 Å². The van der Waals surface area contributed by atoms with Crippen LogP contribution in [0.25, 0.3) is 0 Å². The van der Waals surface area contributed by atoms with Gasteiger partial charge >= 0.3 is 0 Å². The zero-order valence-electron chi connectivity index (χ0n) is 12.8. The predicted molar refractivity (Wildman–Crippen MR) is 80.3 cm³/mol. The van der Waals surface area contributed by atoms with E-state index in [0.29, 0.717) is 32.0 Å². The molecule has 0 bridgehead atoms. The maximum Gasteiger partial charge on any atom is 0.214 e. The normalized spacial score (nSPS) is 10.5. The molecule has 9 nitrogen and oxygen atoms in total. The fraction of sp³-hybridized carbons (Fsp3) is 0.500. The van der Waals surface area contributed by atoms with E-state index in [4.69, 9.17) is 15.4 Å². The van der Waals surface area contributed by atoms with Gasteiger partial charge in [-0.05, 0) is 25.0 Å². The summed E-state index contributed by atoms with van der Waals surface area (Å²) in [5, 5.41) is 20.3. The van der Waals surface area contributed by atoms with Crippen LogP contribution in [-0.4, -0.2) is 38.2 Å². The number of aliphatic hydroxyl groups excluding tert-OH is 1. The molecule has 0 aliphatic rings. The molecule has 0 aliphatic carbocycles. The molecule has 9 heteroatoms. The van der Waals surface area contributed by atoms with Crippen LogP contribution in [0.5, 0.6) is 0 Å². The highest BCUT2D eigenvalue weighted by Gasteiger charge is 2.03. The van der Waals surface area contributed by atoms with Crippen molar-refractivity contribution in [1.29, 1.82) is 5.53 Å². The molecule has 2 aromatic rings. The molecule has 2 aromatic heterocycles. The van der Waals surface area contributed by atoms with E-state index < -0.39 is 0 Å². The average Bonchev–Trinajstić information content (AvgIpc) is 3.02. The Kier molecular flexibility index (Phi) is 6.99. The smallest absolute Gasteiger partial charge is 0.214 e. The minimum Gasteiger partial charge on any atom is -0.390 e. The summed E-state index contributed by atoms with van der Waals surface area (Å²) < 4.78 is 7.22. The molecule has 0 fully saturated rings. The van der Waals surface area contributed by atoms with Crippen LogP contribution < -0.4 is 4.91 Å². The third-order valence-electron chi connectivity index (χ3n) is 3.05. The van der Waals surface area contributed by atoms with Crippen molar-refractivity contribution in [2.45, 2.75) is 32.6 Å². The summed E-state index contributed by atoms with van der Waals surface area (Å²) >= 11 is 0. The number of pyridine rings is 1. The number of ether oxygens (including phenoxy) is 1. The minimum atomic E-state index is -0.121. The highest BCUT2D eigenvalue weighted by molar-refractivity contribution is 5.11. The molecule has 0 saturated carbocycles. The zero-order valence-corrected chi connectivity index (χ0v) is 12.8. The lowest BCUT2D eigenvalue weighted by atomic mass is 10.3. The number of unbranched alkanes of at least 4 members (excludes halogenated alkanes) is 1. The van der Waals surface area contributed by atoms with Crippen molar-refractivity contribution in [3.8, 4) is 0 Å². The number of aromatic nitrogens is 4. The van der Waals surface area contributed by atoms with E-state index in [2.05, 4.69) is 25.3 Å². The molecule has 0 saturated heterocycles. The Morgan fingerprint density at radius 2 is 2.13 bits per heavy atom. The summed E-state index contributed by atoms with van der Waals surface area (Å²) in [7, 11) is 0. The predicted octanol–water partition coefficient (Wildman–Crippen LogP) is 1.06. The number of hydrogen-bond donors (Lipinski definition) is 2. The second-order valence-corrected chi connectivity index (χ2v) is 4.91. The Balaban J connectivity index is 1.76. The number of nitrogens with zero attached hydrogens (tertiary/aromatic N) is 6. The first-order chi connectivity index (χ1) is 11.3. The Morgan fingerprint density at radius 3 is 2.91 bits per heavy atom. The topological polar surface area (TPSA) is 123 Å².